The monoisotopic (exact) mass is 283 g/mol. The van der Waals surface area contributed by atoms with Gasteiger partial charge in [0.25, 0.3) is 6.01 Å². The van der Waals surface area contributed by atoms with Crippen molar-refractivity contribution in [2.45, 2.75) is 6.42 Å². The van der Waals surface area contributed by atoms with Gasteiger partial charge in [0.15, 0.2) is 5.58 Å². The van der Waals surface area contributed by atoms with E-state index >= 15 is 0 Å². The largest absolute Gasteiger partial charge is 0.423 e. The fraction of sp³-hybridized carbons (Fsp3) is 0.188. The van der Waals surface area contributed by atoms with Crippen LogP contribution in [0.1, 0.15) is 5.56 Å². The highest BCUT2D eigenvalue weighted by Crippen LogP contribution is 2.27. The maximum atomic E-state index is 5.89. The van der Waals surface area contributed by atoms with Crippen molar-refractivity contribution in [1.29, 1.82) is 0 Å². The van der Waals surface area contributed by atoms with E-state index in [1.807, 2.05) is 30.3 Å². The molecule has 0 aliphatic carbocycles. The van der Waals surface area contributed by atoms with E-state index in [1.54, 1.807) is 13.2 Å². The molecule has 108 valence electrons. The quantitative estimate of drug-likeness (QED) is 0.702. The summed E-state index contributed by atoms with van der Waals surface area (Å²) in [4.78, 5) is 4.39. The molecule has 2 aromatic carbocycles. The summed E-state index contributed by atoms with van der Waals surface area (Å²) in [5, 5.41) is 3.21. The number of nitrogen functional groups attached to an aromatic ring is 1. The summed E-state index contributed by atoms with van der Waals surface area (Å²) in [5.74, 6) is 0. The zero-order chi connectivity index (χ0) is 14.7. The minimum Gasteiger partial charge on any atom is -0.423 e. The Kier molecular flexibility index (Phi) is 3.75. The molecule has 0 aliphatic rings. The summed E-state index contributed by atoms with van der Waals surface area (Å²) in [6.07, 6.45) is 0.821. The molecule has 0 fully saturated rings. The molecule has 0 bridgehead atoms. The van der Waals surface area contributed by atoms with Crippen LogP contribution in [0.25, 0.3) is 11.1 Å². The average Bonchev–Trinajstić information content (AvgIpc) is 2.90. The first kappa shape index (κ1) is 13.5. The maximum Gasteiger partial charge on any atom is 0.300 e. The van der Waals surface area contributed by atoms with Crippen LogP contribution < -0.4 is 11.1 Å². The van der Waals surface area contributed by atoms with E-state index in [2.05, 4.69) is 16.4 Å². The van der Waals surface area contributed by atoms with E-state index in [0.29, 0.717) is 29.4 Å². The van der Waals surface area contributed by atoms with Crippen LogP contribution in [0.3, 0.4) is 0 Å². The van der Waals surface area contributed by atoms with Gasteiger partial charge in [0.05, 0.1) is 12.3 Å². The van der Waals surface area contributed by atoms with E-state index in [0.717, 1.165) is 17.7 Å². The van der Waals surface area contributed by atoms with Crippen molar-refractivity contribution >= 4 is 28.5 Å². The van der Waals surface area contributed by atoms with Crippen LogP contribution in [0.2, 0.25) is 0 Å². The molecule has 3 aromatic rings. The third kappa shape index (κ3) is 2.83. The first-order valence-electron chi connectivity index (χ1n) is 6.77. The lowest BCUT2D eigenvalue weighted by atomic mass is 10.1. The number of rotatable bonds is 5. The van der Waals surface area contributed by atoms with Crippen molar-refractivity contribution in [1.82, 2.24) is 4.98 Å². The lowest BCUT2D eigenvalue weighted by molar-refractivity contribution is 0.202. The molecule has 0 radical (unpaired) electrons. The van der Waals surface area contributed by atoms with E-state index in [9.17, 15) is 0 Å². The number of oxazole rings is 1. The summed E-state index contributed by atoms with van der Waals surface area (Å²) < 4.78 is 10.8. The van der Waals surface area contributed by atoms with Crippen molar-refractivity contribution in [2.75, 3.05) is 24.8 Å². The molecule has 3 rings (SSSR count). The summed E-state index contributed by atoms with van der Waals surface area (Å²) in [7, 11) is 1.69. The topological polar surface area (TPSA) is 73.3 Å². The van der Waals surface area contributed by atoms with Crippen LogP contribution in [0.4, 0.5) is 17.4 Å². The zero-order valence-corrected chi connectivity index (χ0v) is 11.8. The van der Waals surface area contributed by atoms with Crippen LogP contribution in [0, 0.1) is 0 Å². The fourth-order valence-corrected chi connectivity index (χ4v) is 2.21. The van der Waals surface area contributed by atoms with E-state index in [4.69, 9.17) is 14.9 Å². The molecule has 5 nitrogen and oxygen atoms in total. The van der Waals surface area contributed by atoms with Crippen LogP contribution >= 0.6 is 0 Å². The Labute approximate surface area is 122 Å². The van der Waals surface area contributed by atoms with Gasteiger partial charge >= 0.3 is 0 Å². The standard InChI is InChI=1S/C16H17N3O2/c1-20-10-9-11-5-2-3-7-13(11)18-16-19-15-12(17)6-4-8-14(15)21-16/h2-8H,9-10,17H2,1H3,(H,18,19). The molecule has 1 aromatic heterocycles. The summed E-state index contributed by atoms with van der Waals surface area (Å²) in [6.45, 7) is 0.666. The number of hydrogen-bond donors (Lipinski definition) is 2. The summed E-state index contributed by atoms with van der Waals surface area (Å²) in [5.41, 5.74) is 9.95. The minimum atomic E-state index is 0.438. The highest BCUT2D eigenvalue weighted by Gasteiger charge is 2.09. The number of fused-ring (bicyclic) bond motifs is 1. The predicted octanol–water partition coefficient (Wildman–Crippen LogP) is 3.34. The molecule has 0 amide bonds. The molecular weight excluding hydrogens is 266 g/mol. The van der Waals surface area contributed by atoms with Gasteiger partial charge in [-0.25, -0.2) is 0 Å². The number of hydrogen-bond acceptors (Lipinski definition) is 5. The Morgan fingerprint density at radius 3 is 2.86 bits per heavy atom. The number of nitrogens with two attached hydrogens (primary N) is 1. The van der Waals surface area contributed by atoms with E-state index in [-0.39, 0.29) is 0 Å². The van der Waals surface area contributed by atoms with Gasteiger partial charge in [-0.15, -0.1) is 0 Å². The van der Waals surface area contributed by atoms with Crippen molar-refractivity contribution in [2.24, 2.45) is 0 Å². The fourth-order valence-electron chi connectivity index (χ4n) is 2.21. The van der Waals surface area contributed by atoms with Crippen LogP contribution in [-0.4, -0.2) is 18.7 Å². The highest BCUT2D eigenvalue weighted by atomic mass is 16.5. The molecular formula is C16H17N3O2. The van der Waals surface area contributed by atoms with Gasteiger partial charge in [-0.05, 0) is 30.2 Å². The van der Waals surface area contributed by atoms with Gasteiger partial charge in [0.2, 0.25) is 0 Å². The number of aromatic nitrogens is 1. The number of ether oxygens (including phenoxy) is 1. The molecule has 21 heavy (non-hydrogen) atoms. The minimum absolute atomic E-state index is 0.438. The van der Waals surface area contributed by atoms with Gasteiger partial charge in [-0.2, -0.15) is 4.98 Å². The third-order valence-corrected chi connectivity index (χ3v) is 3.28. The summed E-state index contributed by atoms with van der Waals surface area (Å²) in [6, 6.07) is 14.0. The Morgan fingerprint density at radius 2 is 2.05 bits per heavy atom. The Morgan fingerprint density at radius 1 is 1.19 bits per heavy atom. The van der Waals surface area contributed by atoms with Crippen LogP contribution in [0.5, 0.6) is 0 Å². The van der Waals surface area contributed by atoms with Crippen molar-refractivity contribution in [3.63, 3.8) is 0 Å². The predicted molar refractivity (Wildman–Crippen MR) is 83.7 cm³/mol. The van der Waals surface area contributed by atoms with Crippen LogP contribution in [0.15, 0.2) is 46.9 Å². The van der Waals surface area contributed by atoms with Gasteiger partial charge in [0.1, 0.15) is 5.52 Å². The van der Waals surface area contributed by atoms with Crippen molar-refractivity contribution < 1.29 is 9.15 Å². The first-order valence-corrected chi connectivity index (χ1v) is 6.77. The lowest BCUT2D eigenvalue weighted by Crippen LogP contribution is -2.00. The number of anilines is 3. The number of benzene rings is 2. The SMILES string of the molecule is COCCc1ccccc1Nc1nc2c(N)cccc2o1. The molecule has 0 saturated carbocycles. The Balaban J connectivity index is 1.90. The van der Waals surface area contributed by atoms with Crippen LogP contribution in [-0.2, 0) is 11.2 Å². The van der Waals surface area contributed by atoms with E-state index < -0.39 is 0 Å². The highest BCUT2D eigenvalue weighted by molar-refractivity contribution is 5.86. The Bertz CT molecular complexity index is 752. The molecule has 0 unspecified atom stereocenters. The third-order valence-electron chi connectivity index (χ3n) is 3.28. The molecule has 0 spiro atoms. The van der Waals surface area contributed by atoms with Gasteiger partial charge in [0, 0.05) is 12.8 Å². The number of nitrogens with zero attached hydrogens (tertiary/aromatic N) is 1. The number of nitrogens with one attached hydrogen (secondary N) is 1. The normalized spacial score (nSPS) is 10.9. The summed E-state index contributed by atoms with van der Waals surface area (Å²) >= 11 is 0. The molecule has 3 N–H and O–H groups in total. The first-order chi connectivity index (χ1) is 10.3. The second-order valence-corrected chi connectivity index (χ2v) is 4.74. The Hall–Kier alpha value is -2.53. The second kappa shape index (κ2) is 5.85. The molecule has 0 aliphatic heterocycles. The molecule has 5 heteroatoms. The number of para-hydroxylation sites is 2. The zero-order valence-electron chi connectivity index (χ0n) is 11.8. The van der Waals surface area contributed by atoms with Gasteiger partial charge in [-0.3, -0.25) is 0 Å². The van der Waals surface area contributed by atoms with Gasteiger partial charge in [-0.1, -0.05) is 24.3 Å². The maximum absolute atomic E-state index is 5.89. The molecule has 0 saturated heterocycles. The van der Waals surface area contributed by atoms with Crippen molar-refractivity contribution in [3.05, 3.63) is 48.0 Å². The average molecular weight is 283 g/mol. The smallest absolute Gasteiger partial charge is 0.300 e. The second-order valence-electron chi connectivity index (χ2n) is 4.74. The number of methoxy groups -OCH3 is 1. The van der Waals surface area contributed by atoms with E-state index in [1.165, 1.54) is 0 Å². The lowest BCUT2D eigenvalue weighted by Gasteiger charge is -2.08. The molecule has 0 atom stereocenters. The van der Waals surface area contributed by atoms with Crippen molar-refractivity contribution in [3.8, 4) is 0 Å². The van der Waals surface area contributed by atoms with Gasteiger partial charge < -0.3 is 20.2 Å². The molecule has 1 heterocycles.